The molecule has 9 heteroatoms. The molecule has 2 atom stereocenters. The minimum absolute atomic E-state index is 0.0156. The Kier molecular flexibility index (Phi) is 5.83. The van der Waals surface area contributed by atoms with Gasteiger partial charge in [0.25, 0.3) is 5.91 Å². The van der Waals surface area contributed by atoms with Gasteiger partial charge in [-0.2, -0.15) is 0 Å². The first-order chi connectivity index (χ1) is 15.4. The molecule has 9 nitrogen and oxygen atoms in total. The van der Waals surface area contributed by atoms with Gasteiger partial charge < -0.3 is 29.3 Å². The summed E-state index contributed by atoms with van der Waals surface area (Å²) < 4.78 is 16.4. The van der Waals surface area contributed by atoms with Crippen LogP contribution in [0.1, 0.15) is 22.3 Å². The summed E-state index contributed by atoms with van der Waals surface area (Å²) in [7, 11) is 1.55. The molecular formula is C23H21NO8. The Hall–Kier alpha value is -3.85. The Morgan fingerprint density at radius 2 is 2.03 bits per heavy atom. The third-order valence-corrected chi connectivity index (χ3v) is 5.28. The van der Waals surface area contributed by atoms with Crippen LogP contribution in [0.15, 0.2) is 48.2 Å². The van der Waals surface area contributed by atoms with E-state index in [1.807, 2.05) is 6.07 Å². The summed E-state index contributed by atoms with van der Waals surface area (Å²) in [6.45, 7) is -0.463. The molecule has 0 saturated carbocycles. The number of ether oxygens (including phenoxy) is 3. The van der Waals surface area contributed by atoms with Crippen LogP contribution < -0.4 is 14.2 Å². The highest BCUT2D eigenvalue weighted by Gasteiger charge is 2.39. The van der Waals surface area contributed by atoms with E-state index in [2.05, 4.69) is 0 Å². The number of nitrogens with zero attached hydrogens (tertiary/aromatic N) is 1. The number of carbonyl (C=O) groups is 3. The molecule has 1 saturated heterocycles. The van der Waals surface area contributed by atoms with Gasteiger partial charge in [-0.05, 0) is 35.9 Å². The zero-order valence-electron chi connectivity index (χ0n) is 17.2. The average molecular weight is 439 g/mol. The maximum Gasteiger partial charge on any atom is 0.326 e. The molecule has 2 aliphatic heterocycles. The van der Waals surface area contributed by atoms with Gasteiger partial charge in [-0.1, -0.05) is 12.1 Å². The predicted octanol–water partition coefficient (Wildman–Crippen LogP) is 1.74. The number of methoxy groups -OCH3 is 1. The monoisotopic (exact) mass is 439 g/mol. The van der Waals surface area contributed by atoms with Crippen molar-refractivity contribution in [3.8, 4) is 17.2 Å². The molecule has 0 aromatic heterocycles. The van der Waals surface area contributed by atoms with Crippen LogP contribution in [0.5, 0.6) is 17.2 Å². The lowest BCUT2D eigenvalue weighted by Gasteiger charge is -2.21. The first kappa shape index (κ1) is 21.4. The van der Waals surface area contributed by atoms with Crippen molar-refractivity contribution in [2.45, 2.75) is 18.6 Å². The Morgan fingerprint density at radius 3 is 2.78 bits per heavy atom. The van der Waals surface area contributed by atoms with E-state index in [0.717, 1.165) is 10.5 Å². The van der Waals surface area contributed by atoms with Gasteiger partial charge in [-0.3, -0.25) is 9.59 Å². The van der Waals surface area contributed by atoms with Crippen molar-refractivity contribution in [1.29, 1.82) is 0 Å². The first-order valence-electron chi connectivity index (χ1n) is 9.91. The van der Waals surface area contributed by atoms with Gasteiger partial charge in [0.15, 0.2) is 12.4 Å². The highest BCUT2D eigenvalue weighted by Crippen LogP contribution is 2.35. The number of rotatable bonds is 6. The maximum absolute atomic E-state index is 12.6. The molecule has 166 valence electrons. The number of hydrogen-bond donors (Lipinski definition) is 2. The lowest BCUT2D eigenvalue weighted by molar-refractivity contribution is -0.148. The number of carbonyl (C=O) groups excluding carboxylic acids is 2. The van der Waals surface area contributed by atoms with Crippen LogP contribution in [-0.2, 0) is 9.59 Å². The molecule has 1 fully saturated rings. The molecule has 2 aromatic carbocycles. The fourth-order valence-corrected chi connectivity index (χ4v) is 3.69. The van der Waals surface area contributed by atoms with E-state index in [0.29, 0.717) is 22.8 Å². The first-order valence-corrected chi connectivity index (χ1v) is 9.91. The summed E-state index contributed by atoms with van der Waals surface area (Å²) in [6.07, 6.45) is 0.715. The number of fused-ring (bicyclic) bond motifs is 1. The number of aliphatic hydroxyl groups excluding tert-OH is 1. The number of hydrogen-bond acceptors (Lipinski definition) is 7. The van der Waals surface area contributed by atoms with Gasteiger partial charge in [-0.15, -0.1) is 0 Å². The molecule has 2 N–H and O–H groups in total. The van der Waals surface area contributed by atoms with Crippen molar-refractivity contribution in [3.05, 3.63) is 59.4 Å². The second-order valence-electron chi connectivity index (χ2n) is 7.45. The molecule has 32 heavy (non-hydrogen) atoms. The van der Waals surface area contributed by atoms with Crippen LogP contribution in [0, 0.1) is 0 Å². The average Bonchev–Trinajstić information content (AvgIpc) is 3.32. The molecule has 0 aliphatic carbocycles. The smallest absolute Gasteiger partial charge is 0.326 e. The highest BCUT2D eigenvalue weighted by atomic mass is 16.5. The van der Waals surface area contributed by atoms with Crippen LogP contribution in [0.3, 0.4) is 0 Å². The number of amides is 1. The number of carboxylic acids is 1. The number of allylic oxidation sites excluding steroid dienone is 1. The molecule has 4 rings (SSSR count). The van der Waals surface area contributed by atoms with Gasteiger partial charge in [0, 0.05) is 19.0 Å². The Balaban J connectivity index is 1.44. The highest BCUT2D eigenvalue weighted by molar-refractivity contribution is 6.14. The molecule has 0 spiro atoms. The predicted molar refractivity (Wildman–Crippen MR) is 112 cm³/mol. The van der Waals surface area contributed by atoms with E-state index in [1.165, 1.54) is 12.1 Å². The fraction of sp³-hybridized carbons (Fsp3) is 0.261. The summed E-state index contributed by atoms with van der Waals surface area (Å²) >= 11 is 0. The van der Waals surface area contributed by atoms with E-state index in [1.54, 1.807) is 37.5 Å². The minimum atomic E-state index is -1.17. The van der Waals surface area contributed by atoms with E-state index in [-0.39, 0.29) is 24.5 Å². The van der Waals surface area contributed by atoms with E-state index in [9.17, 15) is 24.6 Å². The van der Waals surface area contributed by atoms with Gasteiger partial charge in [0.2, 0.25) is 5.78 Å². The number of Topliss-reactive ketones (excluding diaryl/α,β-unsaturated/α-hetero) is 1. The zero-order chi connectivity index (χ0) is 22.8. The maximum atomic E-state index is 12.6. The summed E-state index contributed by atoms with van der Waals surface area (Å²) in [5.41, 5.74) is 1.11. The molecule has 2 aromatic rings. The summed E-state index contributed by atoms with van der Waals surface area (Å²) in [5.74, 6) is -0.607. The molecule has 0 radical (unpaired) electrons. The van der Waals surface area contributed by atoms with Crippen LogP contribution >= 0.6 is 0 Å². The van der Waals surface area contributed by atoms with Gasteiger partial charge in [-0.25, -0.2) is 4.79 Å². The number of aliphatic hydroxyl groups is 1. The van der Waals surface area contributed by atoms with E-state index >= 15 is 0 Å². The lowest BCUT2D eigenvalue weighted by Crippen LogP contribution is -2.42. The van der Waals surface area contributed by atoms with Crippen molar-refractivity contribution in [1.82, 2.24) is 4.90 Å². The Labute approximate surface area is 183 Å². The quantitative estimate of drug-likeness (QED) is 0.653. The van der Waals surface area contributed by atoms with Crippen LogP contribution in [0.25, 0.3) is 6.08 Å². The SMILES string of the molecule is COc1cccc(/C=C2\Oc3cc(OCC(=O)N4C[C@H](O)C[C@H]4C(=O)O)ccc3C2=O)c1. The topological polar surface area (TPSA) is 123 Å². The van der Waals surface area contributed by atoms with Gasteiger partial charge in [0.1, 0.15) is 23.3 Å². The molecule has 1 amide bonds. The zero-order valence-corrected chi connectivity index (χ0v) is 17.2. The number of likely N-dealkylation sites (tertiary alicyclic amines) is 1. The van der Waals surface area contributed by atoms with Crippen molar-refractivity contribution >= 4 is 23.7 Å². The second-order valence-corrected chi connectivity index (χ2v) is 7.45. The third-order valence-electron chi connectivity index (χ3n) is 5.28. The lowest BCUT2D eigenvalue weighted by atomic mass is 10.1. The van der Waals surface area contributed by atoms with E-state index < -0.39 is 30.6 Å². The number of ketones is 1. The normalized spacial score (nSPS) is 20.8. The molecule has 0 bridgehead atoms. The van der Waals surface area contributed by atoms with Crippen molar-refractivity contribution < 1.29 is 38.8 Å². The van der Waals surface area contributed by atoms with Gasteiger partial charge in [0.05, 0.1) is 18.8 Å². The molecular weight excluding hydrogens is 418 g/mol. The van der Waals surface area contributed by atoms with Gasteiger partial charge >= 0.3 is 5.97 Å². The molecule has 2 aliphatic rings. The Morgan fingerprint density at radius 1 is 1.22 bits per heavy atom. The van der Waals surface area contributed by atoms with Crippen LogP contribution in [0.2, 0.25) is 0 Å². The number of benzene rings is 2. The van der Waals surface area contributed by atoms with Crippen LogP contribution in [-0.4, -0.2) is 65.2 Å². The number of carboxylic acid groups (broad SMARTS) is 1. The minimum Gasteiger partial charge on any atom is -0.497 e. The molecule has 0 unspecified atom stereocenters. The summed E-state index contributed by atoms with van der Waals surface area (Å²) in [4.78, 5) is 37.4. The van der Waals surface area contributed by atoms with Crippen molar-refractivity contribution in [3.63, 3.8) is 0 Å². The molecule has 2 heterocycles. The number of aliphatic carboxylic acids is 1. The number of β-amino-alcohol motifs (C(OH)–C–C–N with tert-alkyl or cyclic N) is 1. The third kappa shape index (κ3) is 4.28. The van der Waals surface area contributed by atoms with Crippen LogP contribution in [0.4, 0.5) is 0 Å². The second kappa shape index (κ2) is 8.72. The summed E-state index contributed by atoms with van der Waals surface area (Å²) in [5, 5.41) is 18.9. The summed E-state index contributed by atoms with van der Waals surface area (Å²) in [6, 6.07) is 10.7. The van der Waals surface area contributed by atoms with Crippen molar-refractivity contribution in [2.75, 3.05) is 20.3 Å². The largest absolute Gasteiger partial charge is 0.497 e. The fourth-order valence-electron chi connectivity index (χ4n) is 3.69. The standard InChI is InChI=1S/C23H21NO8/c1-30-15-4-2-3-13(7-15)8-20-22(27)17-6-5-16(10-19(17)32-20)31-12-21(26)24-11-14(25)9-18(24)23(28)29/h2-8,10,14,18,25H,9,11-12H2,1H3,(H,28,29)/b20-8-/t14-,18+/m1/s1. The Bertz CT molecular complexity index is 1110. The van der Waals surface area contributed by atoms with E-state index in [4.69, 9.17) is 14.2 Å². The van der Waals surface area contributed by atoms with Crippen molar-refractivity contribution in [2.24, 2.45) is 0 Å².